The van der Waals surface area contributed by atoms with Gasteiger partial charge in [-0.05, 0) is 67.3 Å². The van der Waals surface area contributed by atoms with Crippen LogP contribution in [0.15, 0.2) is 48.5 Å². The van der Waals surface area contributed by atoms with E-state index in [0.717, 1.165) is 6.26 Å². The average molecular weight is 455 g/mol. The minimum Gasteiger partial charge on any atom is -0.391 e. The molecule has 5 N–H and O–H groups in total. The maximum absolute atomic E-state index is 12.2. The van der Waals surface area contributed by atoms with Gasteiger partial charge in [0.2, 0.25) is 10.0 Å². The molecule has 2 rings (SSSR count). The van der Waals surface area contributed by atoms with Crippen molar-refractivity contribution in [1.29, 1.82) is 0 Å². The van der Waals surface area contributed by atoms with Crippen molar-refractivity contribution in [2.45, 2.75) is 19.1 Å². The number of hydrogen-bond donors (Lipinski definition) is 5. The van der Waals surface area contributed by atoms with Crippen LogP contribution in [0.5, 0.6) is 0 Å². The van der Waals surface area contributed by atoms with Gasteiger partial charge in [-0.1, -0.05) is 11.8 Å². The molecule has 32 heavy (non-hydrogen) atoms. The number of amides is 2. The zero-order valence-corrected chi connectivity index (χ0v) is 18.0. The Bertz CT molecular complexity index is 1200. The molecule has 2 atom stereocenters. The quantitative estimate of drug-likeness (QED) is 0.243. The molecule has 0 fully saturated rings. The second-order valence-corrected chi connectivity index (χ2v) is 8.45. The van der Waals surface area contributed by atoms with Crippen molar-refractivity contribution in [3.05, 3.63) is 65.2 Å². The third kappa shape index (κ3) is 7.78. The first-order valence-corrected chi connectivity index (χ1v) is 11.1. The fourth-order valence-corrected chi connectivity index (χ4v) is 3.01. The number of anilines is 1. The summed E-state index contributed by atoms with van der Waals surface area (Å²) in [7, 11) is -3.34. The van der Waals surface area contributed by atoms with Crippen LogP contribution in [0, 0.1) is 23.7 Å². The Kier molecular flexibility index (Phi) is 8.38. The van der Waals surface area contributed by atoms with E-state index in [0.29, 0.717) is 16.8 Å². The van der Waals surface area contributed by atoms with Gasteiger partial charge in [-0.2, -0.15) is 0 Å². The van der Waals surface area contributed by atoms with Gasteiger partial charge in [-0.15, -0.1) is 0 Å². The van der Waals surface area contributed by atoms with E-state index in [2.05, 4.69) is 33.7 Å². The number of hydroxylamine groups is 1. The van der Waals surface area contributed by atoms with E-state index in [-0.39, 0.29) is 5.56 Å². The SMILES string of the molecule is C[C@@H](O)[C@H](NC(=O)c1ccc(C#CC#Cc2ccc(NS(C)(=O)=O)cc2)cc1)C(=O)NO. The van der Waals surface area contributed by atoms with E-state index < -0.39 is 34.0 Å². The fourth-order valence-electron chi connectivity index (χ4n) is 2.45. The van der Waals surface area contributed by atoms with Crippen LogP contribution in [-0.2, 0) is 14.8 Å². The molecular weight excluding hydrogens is 434 g/mol. The number of sulfonamides is 1. The summed E-state index contributed by atoms with van der Waals surface area (Å²) >= 11 is 0. The summed E-state index contributed by atoms with van der Waals surface area (Å²) in [6.07, 6.45) is -0.140. The van der Waals surface area contributed by atoms with E-state index >= 15 is 0 Å². The summed E-state index contributed by atoms with van der Waals surface area (Å²) in [6, 6.07) is 11.4. The van der Waals surface area contributed by atoms with E-state index in [1.807, 2.05) is 0 Å². The highest BCUT2D eigenvalue weighted by Gasteiger charge is 2.25. The van der Waals surface area contributed by atoms with Crippen LogP contribution < -0.4 is 15.5 Å². The molecule has 10 heteroatoms. The lowest BCUT2D eigenvalue weighted by molar-refractivity contribution is -0.133. The number of rotatable bonds is 6. The molecule has 0 saturated heterocycles. The standard InChI is InChI=1S/C22H21N3O6S/c1-15(26)20(22(28)24-29)23-21(27)18-11-7-16(8-12-18)5-3-4-6-17-9-13-19(14-10-17)25-32(2,30)31/h7-15,20,25-26,29H,1-2H3,(H,23,27)(H,24,28)/t15-,20+/m1/s1. The number of nitrogens with one attached hydrogen (secondary N) is 3. The Hall–Kier alpha value is -3.83. The maximum Gasteiger partial charge on any atom is 0.268 e. The van der Waals surface area contributed by atoms with E-state index in [4.69, 9.17) is 5.21 Å². The molecule has 0 aliphatic carbocycles. The van der Waals surface area contributed by atoms with Crippen LogP contribution >= 0.6 is 0 Å². The third-order valence-electron chi connectivity index (χ3n) is 3.97. The van der Waals surface area contributed by atoms with E-state index in [9.17, 15) is 23.1 Å². The lowest BCUT2D eigenvalue weighted by atomic mass is 10.1. The zero-order chi connectivity index (χ0) is 23.7. The van der Waals surface area contributed by atoms with Crippen molar-refractivity contribution in [3.8, 4) is 23.7 Å². The zero-order valence-electron chi connectivity index (χ0n) is 17.2. The number of hydrogen-bond acceptors (Lipinski definition) is 6. The first-order chi connectivity index (χ1) is 15.1. The van der Waals surface area contributed by atoms with Gasteiger partial charge in [0, 0.05) is 22.4 Å². The van der Waals surface area contributed by atoms with Crippen molar-refractivity contribution in [2.24, 2.45) is 0 Å². The molecule has 0 aliphatic rings. The predicted octanol–water partition coefficient (Wildman–Crippen LogP) is 0.446. The van der Waals surface area contributed by atoms with E-state index in [1.54, 1.807) is 36.4 Å². The second kappa shape index (κ2) is 11.0. The highest BCUT2D eigenvalue weighted by molar-refractivity contribution is 7.92. The van der Waals surface area contributed by atoms with Gasteiger partial charge in [0.05, 0.1) is 12.4 Å². The molecule has 2 aromatic rings. The summed E-state index contributed by atoms with van der Waals surface area (Å²) in [4.78, 5) is 23.7. The molecule has 2 amide bonds. The highest BCUT2D eigenvalue weighted by Crippen LogP contribution is 2.10. The molecule has 166 valence electrons. The van der Waals surface area contributed by atoms with Gasteiger partial charge >= 0.3 is 0 Å². The average Bonchev–Trinajstić information content (AvgIpc) is 2.74. The topological polar surface area (TPSA) is 145 Å². The maximum atomic E-state index is 12.2. The molecule has 0 spiro atoms. The minimum atomic E-state index is -3.34. The molecule has 0 radical (unpaired) electrons. The fraction of sp³-hybridized carbons (Fsp3) is 0.182. The normalized spacial score (nSPS) is 12.1. The Morgan fingerprint density at radius 3 is 1.88 bits per heavy atom. The van der Waals surface area contributed by atoms with Crippen molar-refractivity contribution in [3.63, 3.8) is 0 Å². The van der Waals surface area contributed by atoms with Crippen LogP contribution in [0.25, 0.3) is 0 Å². The van der Waals surface area contributed by atoms with Crippen molar-refractivity contribution < 1.29 is 28.3 Å². The molecular formula is C22H21N3O6S. The highest BCUT2D eigenvalue weighted by atomic mass is 32.2. The molecule has 0 heterocycles. The summed E-state index contributed by atoms with van der Waals surface area (Å²) in [5.74, 6) is 9.50. The van der Waals surface area contributed by atoms with Crippen molar-refractivity contribution in [2.75, 3.05) is 11.0 Å². The number of aliphatic hydroxyl groups excluding tert-OH is 1. The molecule has 0 saturated carbocycles. The monoisotopic (exact) mass is 455 g/mol. The minimum absolute atomic E-state index is 0.237. The number of aliphatic hydroxyl groups is 1. The molecule has 0 bridgehead atoms. The van der Waals surface area contributed by atoms with Gasteiger partial charge in [0.15, 0.2) is 0 Å². The molecule has 0 unspecified atom stereocenters. The Balaban J connectivity index is 2.01. The largest absolute Gasteiger partial charge is 0.391 e. The third-order valence-corrected chi connectivity index (χ3v) is 4.58. The molecule has 9 nitrogen and oxygen atoms in total. The summed E-state index contributed by atoms with van der Waals surface area (Å²) in [6.45, 7) is 1.31. The van der Waals surface area contributed by atoms with Gasteiger partial charge < -0.3 is 10.4 Å². The summed E-state index contributed by atoms with van der Waals surface area (Å²) in [5.41, 5.74) is 3.32. The number of carbonyl (C=O) groups is 2. The van der Waals surface area contributed by atoms with Crippen LogP contribution in [0.4, 0.5) is 5.69 Å². The van der Waals surface area contributed by atoms with Crippen LogP contribution in [0.2, 0.25) is 0 Å². The lowest BCUT2D eigenvalue weighted by Gasteiger charge is -2.19. The Morgan fingerprint density at radius 2 is 1.44 bits per heavy atom. The summed E-state index contributed by atoms with van der Waals surface area (Å²) < 4.78 is 24.7. The second-order valence-electron chi connectivity index (χ2n) is 6.70. The van der Waals surface area contributed by atoms with Crippen LogP contribution in [0.3, 0.4) is 0 Å². The van der Waals surface area contributed by atoms with Gasteiger partial charge in [-0.3, -0.25) is 19.5 Å². The summed E-state index contributed by atoms with van der Waals surface area (Å²) in [5, 5.41) is 20.6. The Labute approximate surface area is 185 Å². The van der Waals surface area contributed by atoms with Gasteiger partial charge in [-0.25, -0.2) is 13.9 Å². The lowest BCUT2D eigenvalue weighted by Crippen LogP contribution is -2.51. The smallest absolute Gasteiger partial charge is 0.268 e. The van der Waals surface area contributed by atoms with Crippen LogP contribution in [0.1, 0.15) is 28.4 Å². The number of benzene rings is 2. The first kappa shape index (κ1) is 24.4. The van der Waals surface area contributed by atoms with Gasteiger partial charge in [0.1, 0.15) is 6.04 Å². The molecule has 2 aromatic carbocycles. The van der Waals surface area contributed by atoms with Crippen molar-refractivity contribution >= 4 is 27.5 Å². The van der Waals surface area contributed by atoms with E-state index in [1.165, 1.54) is 24.5 Å². The number of carbonyl (C=O) groups excluding carboxylic acids is 2. The molecule has 0 aliphatic heterocycles. The van der Waals surface area contributed by atoms with Gasteiger partial charge in [0.25, 0.3) is 11.8 Å². The Morgan fingerprint density at radius 1 is 0.938 bits per heavy atom. The first-order valence-electron chi connectivity index (χ1n) is 9.22. The molecule has 0 aromatic heterocycles. The van der Waals surface area contributed by atoms with Crippen molar-refractivity contribution in [1.82, 2.24) is 10.8 Å². The predicted molar refractivity (Wildman–Crippen MR) is 118 cm³/mol. The van der Waals surface area contributed by atoms with Crippen LogP contribution in [-0.4, -0.2) is 48.9 Å².